The molecular formula is C19H23ClN5OS-. The van der Waals surface area contributed by atoms with Crippen LogP contribution in [-0.2, 0) is 20.2 Å². The van der Waals surface area contributed by atoms with Crippen LogP contribution < -0.4 is 22.5 Å². The zero-order valence-electron chi connectivity index (χ0n) is 15.2. The van der Waals surface area contributed by atoms with Crippen LogP contribution in [0.2, 0.25) is 0 Å². The standard InChI is InChI=1S/C19H23N5OS.ClH/c1-24-19(21-22-23-24)26-13-5-12-20-14-16-8-10-18(11-9-16)25-15-17-6-3-2-4-7-17;/h2-4,6-11,20H,5,12-15H2,1H3;1H/p-1. The first-order valence-electron chi connectivity index (χ1n) is 8.63. The molecule has 1 N–H and O–H groups in total. The first-order valence-corrected chi connectivity index (χ1v) is 9.61. The third-order valence-electron chi connectivity index (χ3n) is 3.81. The number of hydrogen-bond donors (Lipinski definition) is 1. The van der Waals surface area contributed by atoms with Gasteiger partial charge in [0, 0.05) is 19.3 Å². The molecule has 3 aromatic rings. The number of benzene rings is 2. The van der Waals surface area contributed by atoms with E-state index in [1.807, 2.05) is 37.4 Å². The average Bonchev–Trinajstić information content (AvgIpc) is 3.09. The normalized spacial score (nSPS) is 10.4. The maximum Gasteiger partial charge on any atom is 0.209 e. The monoisotopic (exact) mass is 404 g/mol. The van der Waals surface area contributed by atoms with E-state index in [1.165, 1.54) is 11.1 Å². The highest BCUT2D eigenvalue weighted by atomic mass is 35.5. The number of halogens is 1. The van der Waals surface area contributed by atoms with Gasteiger partial charge in [0.05, 0.1) is 0 Å². The van der Waals surface area contributed by atoms with Crippen LogP contribution in [-0.4, -0.2) is 32.5 Å². The number of thioether (sulfide) groups is 1. The molecular weight excluding hydrogens is 382 g/mol. The molecule has 2 aromatic carbocycles. The molecule has 0 spiro atoms. The van der Waals surface area contributed by atoms with Gasteiger partial charge in [-0.05, 0) is 46.7 Å². The lowest BCUT2D eigenvalue weighted by atomic mass is 10.2. The number of ether oxygens (including phenoxy) is 1. The van der Waals surface area contributed by atoms with Crippen LogP contribution in [0.25, 0.3) is 0 Å². The lowest BCUT2D eigenvalue weighted by molar-refractivity contribution is -0.00000587. The largest absolute Gasteiger partial charge is 1.00 e. The van der Waals surface area contributed by atoms with Crippen molar-refractivity contribution in [1.29, 1.82) is 0 Å². The molecule has 0 aliphatic carbocycles. The summed E-state index contributed by atoms with van der Waals surface area (Å²) in [5.74, 6) is 1.89. The molecule has 0 saturated heterocycles. The van der Waals surface area contributed by atoms with Crippen molar-refractivity contribution in [2.75, 3.05) is 12.3 Å². The van der Waals surface area contributed by atoms with Crippen LogP contribution in [0.1, 0.15) is 17.5 Å². The second-order valence-electron chi connectivity index (χ2n) is 5.88. The Morgan fingerprint density at radius 1 is 1.04 bits per heavy atom. The van der Waals surface area contributed by atoms with Crippen molar-refractivity contribution in [3.05, 3.63) is 65.7 Å². The highest BCUT2D eigenvalue weighted by Crippen LogP contribution is 2.15. The Hall–Kier alpha value is -2.09. The fraction of sp³-hybridized carbons (Fsp3) is 0.316. The Morgan fingerprint density at radius 2 is 1.81 bits per heavy atom. The average molecular weight is 405 g/mol. The Morgan fingerprint density at radius 3 is 2.52 bits per heavy atom. The van der Waals surface area contributed by atoms with E-state index in [2.05, 4.69) is 45.1 Å². The Kier molecular flexibility index (Phi) is 9.10. The van der Waals surface area contributed by atoms with Crippen LogP contribution in [0.5, 0.6) is 5.75 Å². The Labute approximate surface area is 170 Å². The maximum atomic E-state index is 5.81. The summed E-state index contributed by atoms with van der Waals surface area (Å²) < 4.78 is 7.50. The van der Waals surface area contributed by atoms with E-state index in [1.54, 1.807) is 16.4 Å². The second kappa shape index (κ2) is 11.6. The van der Waals surface area contributed by atoms with Crippen molar-refractivity contribution in [3.8, 4) is 5.75 Å². The van der Waals surface area contributed by atoms with Crippen molar-refractivity contribution < 1.29 is 17.1 Å². The van der Waals surface area contributed by atoms with E-state index < -0.39 is 0 Å². The van der Waals surface area contributed by atoms with Gasteiger partial charge >= 0.3 is 0 Å². The molecule has 3 rings (SSSR count). The van der Waals surface area contributed by atoms with E-state index in [4.69, 9.17) is 4.74 Å². The fourth-order valence-electron chi connectivity index (χ4n) is 2.38. The quantitative estimate of drug-likeness (QED) is 0.381. The minimum atomic E-state index is 0. The van der Waals surface area contributed by atoms with Crippen molar-refractivity contribution in [2.24, 2.45) is 7.05 Å². The summed E-state index contributed by atoms with van der Waals surface area (Å²) in [7, 11) is 1.85. The summed E-state index contributed by atoms with van der Waals surface area (Å²) in [6.45, 7) is 2.41. The van der Waals surface area contributed by atoms with Crippen molar-refractivity contribution in [2.45, 2.75) is 24.7 Å². The minimum Gasteiger partial charge on any atom is -1.00 e. The third kappa shape index (κ3) is 7.21. The molecule has 0 aliphatic rings. The van der Waals surface area contributed by atoms with Gasteiger partial charge in [0.2, 0.25) is 5.16 Å². The molecule has 0 aliphatic heterocycles. The van der Waals surface area contributed by atoms with Gasteiger partial charge in [-0.15, -0.1) is 5.10 Å². The maximum absolute atomic E-state index is 5.81. The number of aromatic nitrogens is 4. The van der Waals surface area contributed by atoms with Gasteiger partial charge < -0.3 is 22.5 Å². The Bertz CT molecular complexity index is 782. The minimum absolute atomic E-state index is 0. The smallest absolute Gasteiger partial charge is 0.209 e. The zero-order valence-corrected chi connectivity index (χ0v) is 16.8. The van der Waals surface area contributed by atoms with Crippen LogP contribution in [0.3, 0.4) is 0 Å². The number of nitrogens with one attached hydrogen (secondary N) is 1. The van der Waals surface area contributed by atoms with Crippen molar-refractivity contribution in [3.63, 3.8) is 0 Å². The first kappa shape index (κ1) is 21.2. The summed E-state index contributed by atoms with van der Waals surface area (Å²) in [6, 6.07) is 18.5. The van der Waals surface area contributed by atoms with Crippen LogP contribution in [0.4, 0.5) is 0 Å². The number of rotatable bonds is 10. The number of hydrogen-bond acceptors (Lipinski definition) is 6. The van der Waals surface area contributed by atoms with Gasteiger partial charge in [0.1, 0.15) is 12.4 Å². The molecule has 1 aromatic heterocycles. The first-order chi connectivity index (χ1) is 12.8. The van der Waals surface area contributed by atoms with Crippen molar-refractivity contribution >= 4 is 11.8 Å². The van der Waals surface area contributed by atoms with E-state index in [0.717, 1.165) is 36.2 Å². The zero-order chi connectivity index (χ0) is 18.0. The highest BCUT2D eigenvalue weighted by Gasteiger charge is 2.02. The molecule has 6 nitrogen and oxygen atoms in total. The molecule has 8 heteroatoms. The van der Waals surface area contributed by atoms with Crippen LogP contribution in [0.15, 0.2) is 59.8 Å². The molecule has 0 saturated carbocycles. The molecule has 0 amide bonds. The van der Waals surface area contributed by atoms with Gasteiger partial charge in [-0.2, -0.15) is 0 Å². The van der Waals surface area contributed by atoms with E-state index >= 15 is 0 Å². The summed E-state index contributed by atoms with van der Waals surface area (Å²) >= 11 is 1.68. The molecule has 0 atom stereocenters. The van der Waals surface area contributed by atoms with Gasteiger partial charge in [0.15, 0.2) is 0 Å². The highest BCUT2D eigenvalue weighted by molar-refractivity contribution is 7.99. The molecule has 0 radical (unpaired) electrons. The number of aryl methyl sites for hydroxylation is 1. The van der Waals surface area contributed by atoms with E-state index in [0.29, 0.717) is 6.61 Å². The lowest BCUT2D eigenvalue weighted by Crippen LogP contribution is -3.00. The fourth-order valence-corrected chi connectivity index (χ4v) is 3.17. The summed E-state index contributed by atoms with van der Waals surface area (Å²) in [5, 5.41) is 15.7. The molecule has 27 heavy (non-hydrogen) atoms. The third-order valence-corrected chi connectivity index (χ3v) is 4.91. The predicted octanol–water partition coefficient (Wildman–Crippen LogP) is 0.0651. The van der Waals surface area contributed by atoms with Gasteiger partial charge in [0.25, 0.3) is 0 Å². The molecule has 0 unspecified atom stereocenters. The predicted molar refractivity (Wildman–Crippen MR) is 103 cm³/mol. The van der Waals surface area contributed by atoms with Crippen LogP contribution in [0, 0.1) is 0 Å². The van der Waals surface area contributed by atoms with E-state index in [9.17, 15) is 0 Å². The SMILES string of the molecule is Cn1nnnc1SCCCNCc1ccc(OCc2ccccc2)cc1.[Cl-]. The molecule has 1 heterocycles. The summed E-state index contributed by atoms with van der Waals surface area (Å²) in [6.07, 6.45) is 1.07. The molecule has 0 fully saturated rings. The Balaban J connectivity index is 0.00000261. The van der Waals surface area contributed by atoms with E-state index in [-0.39, 0.29) is 12.4 Å². The van der Waals surface area contributed by atoms with Gasteiger partial charge in [-0.25, -0.2) is 4.68 Å². The number of nitrogens with zero attached hydrogens (tertiary/aromatic N) is 4. The second-order valence-corrected chi connectivity index (χ2v) is 6.94. The van der Waals surface area contributed by atoms with Crippen LogP contribution >= 0.6 is 11.8 Å². The summed E-state index contributed by atoms with van der Waals surface area (Å²) in [5.41, 5.74) is 2.43. The van der Waals surface area contributed by atoms with Crippen molar-refractivity contribution in [1.82, 2.24) is 25.5 Å². The molecule has 144 valence electrons. The van der Waals surface area contributed by atoms with Gasteiger partial charge in [-0.1, -0.05) is 54.2 Å². The topological polar surface area (TPSA) is 64.9 Å². The molecule has 0 bridgehead atoms. The summed E-state index contributed by atoms with van der Waals surface area (Å²) in [4.78, 5) is 0. The number of tetrazole rings is 1. The van der Waals surface area contributed by atoms with Gasteiger partial charge in [-0.3, -0.25) is 0 Å². The lowest BCUT2D eigenvalue weighted by Gasteiger charge is -2.08.